The molecule has 0 aliphatic heterocycles. The number of rotatable bonds is 7. The van der Waals surface area contributed by atoms with E-state index in [1.165, 1.54) is 0 Å². The third-order valence-electron chi connectivity index (χ3n) is 3.33. The van der Waals surface area contributed by atoms with Gasteiger partial charge in [-0.3, -0.25) is 0 Å². The van der Waals surface area contributed by atoms with E-state index >= 15 is 0 Å². The molecule has 0 aromatic carbocycles. The zero-order valence-electron chi connectivity index (χ0n) is 10.4. The summed E-state index contributed by atoms with van der Waals surface area (Å²) in [6, 6.07) is -0.109. The van der Waals surface area contributed by atoms with Crippen molar-refractivity contribution < 1.29 is 13.5 Å². The third-order valence-corrected chi connectivity index (χ3v) is 5.21. The summed E-state index contributed by atoms with van der Waals surface area (Å²) in [5, 5.41) is 12.7. The molecule has 5 heteroatoms. The largest absolute Gasteiger partial charge is 0.394 e. The molecule has 2 unspecified atom stereocenters. The maximum atomic E-state index is 11.5. The molecule has 96 valence electrons. The summed E-state index contributed by atoms with van der Waals surface area (Å²) in [7, 11) is -2.95. The van der Waals surface area contributed by atoms with Gasteiger partial charge in [0.1, 0.15) is 0 Å². The van der Waals surface area contributed by atoms with Crippen molar-refractivity contribution in [2.45, 2.75) is 45.2 Å². The van der Waals surface area contributed by atoms with E-state index in [-0.39, 0.29) is 29.7 Å². The molecule has 0 saturated heterocycles. The molecule has 1 saturated carbocycles. The second-order valence-corrected chi connectivity index (χ2v) is 7.49. The fourth-order valence-electron chi connectivity index (χ4n) is 2.12. The Hall–Kier alpha value is -0.130. The number of sulfone groups is 1. The standard InChI is InChI=1S/C11H23NO3S/c1-4-16(14,15)7-9(2)12-11(3,8-13)10-5-6-10/h9-10,12-13H,4-8H2,1-3H3. The summed E-state index contributed by atoms with van der Waals surface area (Å²) >= 11 is 0. The minimum absolute atomic E-state index is 0.0637. The molecule has 2 atom stereocenters. The van der Waals surface area contributed by atoms with Crippen LogP contribution in [0, 0.1) is 5.92 Å². The van der Waals surface area contributed by atoms with E-state index in [4.69, 9.17) is 0 Å². The summed E-state index contributed by atoms with van der Waals surface area (Å²) in [6.45, 7) is 5.56. The molecular weight excluding hydrogens is 226 g/mol. The molecule has 1 rings (SSSR count). The van der Waals surface area contributed by atoms with Gasteiger partial charge < -0.3 is 10.4 Å². The van der Waals surface area contributed by atoms with Crippen LogP contribution in [-0.4, -0.2) is 43.2 Å². The Morgan fingerprint density at radius 3 is 2.44 bits per heavy atom. The van der Waals surface area contributed by atoms with Crippen molar-refractivity contribution in [1.82, 2.24) is 5.32 Å². The van der Waals surface area contributed by atoms with Gasteiger partial charge in [-0.15, -0.1) is 0 Å². The zero-order valence-corrected chi connectivity index (χ0v) is 11.2. The van der Waals surface area contributed by atoms with Crippen LogP contribution in [0.3, 0.4) is 0 Å². The highest BCUT2D eigenvalue weighted by Gasteiger charge is 2.41. The molecule has 0 radical (unpaired) electrons. The highest BCUT2D eigenvalue weighted by atomic mass is 32.2. The first-order valence-corrected chi connectivity index (χ1v) is 7.74. The highest BCUT2D eigenvalue weighted by molar-refractivity contribution is 7.91. The first-order valence-electron chi connectivity index (χ1n) is 5.92. The zero-order chi connectivity index (χ0) is 12.4. The number of nitrogens with one attached hydrogen (secondary N) is 1. The molecule has 0 aromatic rings. The maximum absolute atomic E-state index is 11.5. The van der Waals surface area contributed by atoms with Gasteiger partial charge in [0.05, 0.1) is 12.4 Å². The van der Waals surface area contributed by atoms with Gasteiger partial charge in [0, 0.05) is 17.3 Å². The van der Waals surface area contributed by atoms with E-state index in [9.17, 15) is 13.5 Å². The Balaban J connectivity index is 2.52. The van der Waals surface area contributed by atoms with E-state index in [1.807, 2.05) is 13.8 Å². The fourth-order valence-corrected chi connectivity index (χ4v) is 3.20. The Morgan fingerprint density at radius 2 is 2.06 bits per heavy atom. The third kappa shape index (κ3) is 3.71. The van der Waals surface area contributed by atoms with Crippen molar-refractivity contribution in [3.63, 3.8) is 0 Å². The van der Waals surface area contributed by atoms with Crippen LogP contribution in [0.4, 0.5) is 0 Å². The van der Waals surface area contributed by atoms with Gasteiger partial charge in [0.25, 0.3) is 0 Å². The van der Waals surface area contributed by atoms with Gasteiger partial charge >= 0.3 is 0 Å². The summed E-state index contributed by atoms with van der Waals surface area (Å²) in [5.41, 5.74) is -0.317. The number of hydrogen-bond acceptors (Lipinski definition) is 4. The quantitative estimate of drug-likeness (QED) is 0.692. The molecule has 0 bridgehead atoms. The summed E-state index contributed by atoms with van der Waals surface area (Å²) in [6.07, 6.45) is 2.24. The summed E-state index contributed by atoms with van der Waals surface area (Å²) in [5.74, 6) is 0.814. The maximum Gasteiger partial charge on any atom is 0.151 e. The van der Waals surface area contributed by atoms with E-state index in [0.717, 1.165) is 12.8 Å². The summed E-state index contributed by atoms with van der Waals surface area (Å²) in [4.78, 5) is 0. The SMILES string of the molecule is CCS(=O)(=O)CC(C)NC(C)(CO)C1CC1. The lowest BCUT2D eigenvalue weighted by atomic mass is 9.96. The van der Waals surface area contributed by atoms with Gasteiger partial charge in [-0.1, -0.05) is 6.92 Å². The van der Waals surface area contributed by atoms with Crippen molar-refractivity contribution in [2.24, 2.45) is 5.92 Å². The second kappa shape index (κ2) is 5.02. The second-order valence-electron chi connectivity index (χ2n) is 5.09. The van der Waals surface area contributed by atoms with Crippen molar-refractivity contribution >= 4 is 9.84 Å². The van der Waals surface area contributed by atoms with Gasteiger partial charge in [-0.2, -0.15) is 0 Å². The molecule has 0 amide bonds. The van der Waals surface area contributed by atoms with Crippen LogP contribution in [0.1, 0.15) is 33.6 Å². The van der Waals surface area contributed by atoms with Crippen molar-refractivity contribution in [3.8, 4) is 0 Å². The lowest BCUT2D eigenvalue weighted by Crippen LogP contribution is -2.53. The molecule has 0 heterocycles. The lowest BCUT2D eigenvalue weighted by molar-refractivity contribution is 0.146. The van der Waals surface area contributed by atoms with E-state index < -0.39 is 9.84 Å². The van der Waals surface area contributed by atoms with Crippen LogP contribution in [0.5, 0.6) is 0 Å². The van der Waals surface area contributed by atoms with Crippen molar-refractivity contribution in [3.05, 3.63) is 0 Å². The topological polar surface area (TPSA) is 66.4 Å². The Kier molecular flexibility index (Phi) is 4.37. The smallest absolute Gasteiger partial charge is 0.151 e. The van der Waals surface area contributed by atoms with Gasteiger partial charge in [0.15, 0.2) is 9.84 Å². The van der Waals surface area contributed by atoms with E-state index in [0.29, 0.717) is 5.92 Å². The average molecular weight is 249 g/mol. The number of aliphatic hydroxyl groups is 1. The molecule has 16 heavy (non-hydrogen) atoms. The lowest BCUT2D eigenvalue weighted by Gasteiger charge is -2.32. The van der Waals surface area contributed by atoms with Crippen molar-refractivity contribution in [1.29, 1.82) is 0 Å². The molecule has 4 nitrogen and oxygen atoms in total. The van der Waals surface area contributed by atoms with E-state index in [1.54, 1.807) is 6.92 Å². The minimum atomic E-state index is -2.95. The molecule has 1 aliphatic rings. The number of aliphatic hydroxyl groups excluding tert-OH is 1. The molecular formula is C11H23NO3S. The molecule has 2 N–H and O–H groups in total. The van der Waals surface area contributed by atoms with Crippen LogP contribution in [0.15, 0.2) is 0 Å². The molecule has 1 aliphatic carbocycles. The number of hydrogen-bond donors (Lipinski definition) is 2. The Morgan fingerprint density at radius 1 is 1.50 bits per heavy atom. The van der Waals surface area contributed by atoms with Gasteiger partial charge in [0.2, 0.25) is 0 Å². The molecule has 0 spiro atoms. The van der Waals surface area contributed by atoms with Crippen LogP contribution >= 0.6 is 0 Å². The van der Waals surface area contributed by atoms with Crippen LogP contribution in [0.2, 0.25) is 0 Å². The van der Waals surface area contributed by atoms with Crippen molar-refractivity contribution in [2.75, 3.05) is 18.1 Å². The molecule has 1 fully saturated rings. The van der Waals surface area contributed by atoms with Crippen LogP contribution < -0.4 is 5.32 Å². The minimum Gasteiger partial charge on any atom is -0.394 e. The van der Waals surface area contributed by atoms with Crippen LogP contribution in [-0.2, 0) is 9.84 Å². The fraction of sp³-hybridized carbons (Fsp3) is 1.00. The van der Waals surface area contributed by atoms with Crippen LogP contribution in [0.25, 0.3) is 0 Å². The Bertz CT molecular complexity index is 324. The monoisotopic (exact) mass is 249 g/mol. The average Bonchev–Trinajstić information content (AvgIpc) is 3.00. The Labute approximate surface area is 98.4 Å². The molecule has 0 aromatic heterocycles. The first kappa shape index (κ1) is 13.9. The van der Waals surface area contributed by atoms with Gasteiger partial charge in [-0.25, -0.2) is 8.42 Å². The highest BCUT2D eigenvalue weighted by Crippen LogP contribution is 2.39. The predicted molar refractivity (Wildman–Crippen MR) is 65.1 cm³/mol. The first-order chi connectivity index (χ1) is 7.33. The van der Waals surface area contributed by atoms with E-state index in [2.05, 4.69) is 5.32 Å². The van der Waals surface area contributed by atoms with Gasteiger partial charge in [-0.05, 0) is 32.6 Å². The normalized spacial score (nSPS) is 22.8. The summed E-state index contributed by atoms with van der Waals surface area (Å²) < 4.78 is 22.9. The predicted octanol–water partition coefficient (Wildman–Crippen LogP) is 0.560.